The third-order valence-corrected chi connectivity index (χ3v) is 4.33. The van der Waals surface area contributed by atoms with E-state index in [0.717, 1.165) is 18.5 Å². The van der Waals surface area contributed by atoms with Crippen LogP contribution in [0.25, 0.3) is 0 Å². The number of amides is 3. The molecule has 0 bridgehead atoms. The number of anilines is 1. The number of rotatable bonds is 7. The fourth-order valence-corrected chi connectivity index (χ4v) is 2.83. The molecule has 0 unspecified atom stereocenters. The Balaban J connectivity index is 2.01. The molecule has 138 valence electrons. The van der Waals surface area contributed by atoms with Crippen molar-refractivity contribution in [1.29, 1.82) is 0 Å². The molecule has 1 saturated heterocycles. The Kier molecular flexibility index (Phi) is 6.50. The highest BCUT2D eigenvalue weighted by Gasteiger charge is 2.32. The molecule has 1 aliphatic heterocycles. The number of carbonyl (C=O) groups excluding carboxylic acids is 2. The van der Waals surface area contributed by atoms with Crippen LogP contribution in [0.3, 0.4) is 0 Å². The fourth-order valence-electron chi connectivity index (χ4n) is 2.83. The van der Waals surface area contributed by atoms with Gasteiger partial charge >= 0.3 is 6.03 Å². The van der Waals surface area contributed by atoms with E-state index in [1.54, 1.807) is 43.2 Å². The Labute approximate surface area is 148 Å². The van der Waals surface area contributed by atoms with Gasteiger partial charge in [0.2, 0.25) is 5.91 Å². The van der Waals surface area contributed by atoms with Crippen molar-refractivity contribution in [3.05, 3.63) is 18.2 Å². The lowest BCUT2D eigenvalue weighted by molar-refractivity contribution is -0.117. The second-order valence-corrected chi connectivity index (χ2v) is 6.17. The summed E-state index contributed by atoms with van der Waals surface area (Å²) in [6, 6.07) is 5.02. The monoisotopic (exact) mass is 349 g/mol. The average Bonchev–Trinajstić information content (AvgIpc) is 2.98. The second-order valence-electron chi connectivity index (χ2n) is 6.17. The molecule has 0 saturated carbocycles. The van der Waals surface area contributed by atoms with E-state index in [1.807, 2.05) is 6.07 Å². The molecule has 2 rings (SSSR count). The zero-order valence-electron chi connectivity index (χ0n) is 15.4. The highest BCUT2D eigenvalue weighted by atomic mass is 16.5. The lowest BCUT2D eigenvalue weighted by atomic mass is 10.2. The van der Waals surface area contributed by atoms with Crippen LogP contribution in [0.5, 0.6) is 11.5 Å². The molecular weight excluding hydrogens is 322 g/mol. The molecule has 0 radical (unpaired) electrons. The maximum atomic E-state index is 12.4. The minimum Gasteiger partial charge on any atom is -0.493 e. The van der Waals surface area contributed by atoms with Crippen LogP contribution in [0, 0.1) is 0 Å². The molecule has 7 nitrogen and oxygen atoms in total. The number of carbonyl (C=O) groups is 2. The van der Waals surface area contributed by atoms with E-state index in [0.29, 0.717) is 31.0 Å². The van der Waals surface area contributed by atoms with Gasteiger partial charge in [0.25, 0.3) is 0 Å². The van der Waals surface area contributed by atoms with E-state index >= 15 is 0 Å². The first-order valence-electron chi connectivity index (χ1n) is 8.54. The van der Waals surface area contributed by atoms with Crippen molar-refractivity contribution in [3.8, 4) is 11.5 Å². The van der Waals surface area contributed by atoms with E-state index in [1.165, 1.54) is 0 Å². The largest absolute Gasteiger partial charge is 0.493 e. The van der Waals surface area contributed by atoms with Gasteiger partial charge < -0.3 is 24.6 Å². The van der Waals surface area contributed by atoms with E-state index in [9.17, 15) is 9.59 Å². The number of unbranched alkanes of at least 4 members (excludes halogenated alkanes) is 1. The second kappa shape index (κ2) is 8.60. The van der Waals surface area contributed by atoms with Crippen LogP contribution in [0.15, 0.2) is 18.2 Å². The number of benzene rings is 1. The Morgan fingerprint density at radius 3 is 2.68 bits per heavy atom. The summed E-state index contributed by atoms with van der Waals surface area (Å²) in [5, 5.41) is 2.94. The zero-order chi connectivity index (χ0) is 18.4. The number of nitrogens with zero attached hydrogens (tertiary/aromatic N) is 2. The van der Waals surface area contributed by atoms with Crippen molar-refractivity contribution >= 4 is 17.6 Å². The molecule has 0 aliphatic carbocycles. The Hall–Kier alpha value is -2.44. The summed E-state index contributed by atoms with van der Waals surface area (Å²) in [6.45, 7) is 3.24. The van der Waals surface area contributed by atoms with Crippen molar-refractivity contribution < 1.29 is 19.1 Å². The van der Waals surface area contributed by atoms with Crippen LogP contribution in [-0.2, 0) is 4.79 Å². The van der Waals surface area contributed by atoms with Crippen LogP contribution >= 0.6 is 0 Å². The van der Waals surface area contributed by atoms with E-state index in [4.69, 9.17) is 9.47 Å². The van der Waals surface area contributed by atoms with E-state index in [2.05, 4.69) is 12.2 Å². The number of ether oxygens (including phenoxy) is 2. The van der Waals surface area contributed by atoms with Gasteiger partial charge in [-0.05, 0) is 18.6 Å². The Morgan fingerprint density at radius 1 is 1.32 bits per heavy atom. The van der Waals surface area contributed by atoms with Gasteiger partial charge in [-0.2, -0.15) is 0 Å². The zero-order valence-corrected chi connectivity index (χ0v) is 15.4. The van der Waals surface area contributed by atoms with Gasteiger partial charge in [-0.15, -0.1) is 0 Å². The molecule has 25 heavy (non-hydrogen) atoms. The minimum absolute atomic E-state index is 0.0197. The maximum Gasteiger partial charge on any atom is 0.317 e. The molecule has 0 aromatic heterocycles. The van der Waals surface area contributed by atoms with Crippen molar-refractivity contribution in [2.24, 2.45) is 0 Å². The molecule has 1 heterocycles. The molecule has 1 aromatic rings. The van der Waals surface area contributed by atoms with Crippen LogP contribution in [0.4, 0.5) is 10.5 Å². The molecule has 1 aromatic carbocycles. The topological polar surface area (TPSA) is 71.1 Å². The van der Waals surface area contributed by atoms with Crippen molar-refractivity contribution in [2.75, 3.05) is 39.3 Å². The molecular formula is C18H27N3O4. The van der Waals surface area contributed by atoms with Gasteiger partial charge in [-0.1, -0.05) is 13.3 Å². The van der Waals surface area contributed by atoms with Gasteiger partial charge in [-0.25, -0.2) is 4.79 Å². The van der Waals surface area contributed by atoms with Crippen LogP contribution < -0.4 is 19.7 Å². The predicted molar refractivity (Wildman–Crippen MR) is 96.4 cm³/mol. The fraction of sp³-hybridized carbons (Fsp3) is 0.556. The third-order valence-electron chi connectivity index (χ3n) is 4.33. The maximum absolute atomic E-state index is 12.4. The lowest BCUT2D eigenvalue weighted by Gasteiger charge is -2.21. The average molecular weight is 349 g/mol. The van der Waals surface area contributed by atoms with Crippen LogP contribution in [0.1, 0.15) is 26.2 Å². The summed E-state index contributed by atoms with van der Waals surface area (Å²) in [5.74, 6) is 1.16. The highest BCUT2D eigenvalue weighted by Crippen LogP contribution is 2.33. The Bertz CT molecular complexity index is 620. The number of methoxy groups -OCH3 is 2. The van der Waals surface area contributed by atoms with E-state index in [-0.39, 0.29) is 18.0 Å². The lowest BCUT2D eigenvalue weighted by Crippen LogP contribution is -2.44. The number of nitrogens with one attached hydrogen (secondary N) is 1. The Morgan fingerprint density at radius 2 is 2.04 bits per heavy atom. The van der Waals surface area contributed by atoms with Crippen molar-refractivity contribution in [3.63, 3.8) is 0 Å². The molecule has 1 fully saturated rings. The predicted octanol–water partition coefficient (Wildman–Crippen LogP) is 2.25. The first-order valence-corrected chi connectivity index (χ1v) is 8.54. The van der Waals surface area contributed by atoms with Crippen molar-refractivity contribution in [1.82, 2.24) is 10.2 Å². The van der Waals surface area contributed by atoms with Gasteiger partial charge in [0.1, 0.15) is 0 Å². The van der Waals surface area contributed by atoms with Crippen LogP contribution in [0.2, 0.25) is 0 Å². The number of hydrogen-bond donors (Lipinski definition) is 1. The third kappa shape index (κ3) is 4.55. The SMILES string of the molecule is CCCCN(C)C(=O)N[C@H]1CC(=O)N(c2ccc(OC)c(OC)c2)C1. The molecule has 3 amide bonds. The van der Waals surface area contributed by atoms with E-state index < -0.39 is 0 Å². The molecule has 1 N–H and O–H groups in total. The smallest absolute Gasteiger partial charge is 0.317 e. The highest BCUT2D eigenvalue weighted by molar-refractivity contribution is 5.97. The van der Waals surface area contributed by atoms with Crippen molar-refractivity contribution in [2.45, 2.75) is 32.2 Å². The van der Waals surface area contributed by atoms with Gasteiger partial charge in [-0.3, -0.25) is 4.79 Å². The van der Waals surface area contributed by atoms with Gasteiger partial charge in [0.05, 0.1) is 20.3 Å². The summed E-state index contributed by atoms with van der Waals surface area (Å²) in [5.41, 5.74) is 0.735. The summed E-state index contributed by atoms with van der Waals surface area (Å²) in [6.07, 6.45) is 2.29. The summed E-state index contributed by atoms with van der Waals surface area (Å²) in [7, 11) is 4.90. The quantitative estimate of drug-likeness (QED) is 0.820. The molecule has 1 aliphatic rings. The normalized spacial score (nSPS) is 16.7. The summed E-state index contributed by atoms with van der Waals surface area (Å²) < 4.78 is 10.5. The number of hydrogen-bond acceptors (Lipinski definition) is 4. The molecule has 1 atom stereocenters. The minimum atomic E-state index is -0.197. The van der Waals surface area contributed by atoms with Crippen LogP contribution in [-0.4, -0.2) is 57.2 Å². The first kappa shape index (κ1) is 18.9. The van der Waals surface area contributed by atoms with Gasteiger partial charge in [0.15, 0.2) is 11.5 Å². The first-order chi connectivity index (χ1) is 12.0. The standard InChI is InChI=1S/C18H27N3O4/c1-5-6-9-20(2)18(23)19-13-10-17(22)21(12-13)14-7-8-15(24-3)16(11-14)25-4/h7-8,11,13H,5-6,9-10,12H2,1-4H3,(H,19,23)/t13-/m0/s1. The molecule has 0 spiro atoms. The summed E-state index contributed by atoms with van der Waals surface area (Å²) >= 11 is 0. The molecule has 7 heteroatoms. The summed E-state index contributed by atoms with van der Waals surface area (Å²) in [4.78, 5) is 27.9. The number of urea groups is 1. The van der Waals surface area contributed by atoms with Gasteiger partial charge in [0, 0.05) is 38.3 Å².